The number of imide groups is 1. The highest BCUT2D eigenvalue weighted by Crippen LogP contribution is 2.36. The smallest absolute Gasteiger partial charge is 0.322 e. The molecule has 0 aliphatic carbocycles. The molecule has 2 aromatic carbocycles. The van der Waals surface area contributed by atoms with Gasteiger partial charge >= 0.3 is 6.03 Å². The second-order valence-electron chi connectivity index (χ2n) is 9.76. The predicted molar refractivity (Wildman–Crippen MR) is 127 cm³/mol. The van der Waals surface area contributed by atoms with Crippen LogP contribution in [0.2, 0.25) is 0 Å². The summed E-state index contributed by atoms with van der Waals surface area (Å²) in [5, 5.41) is 5.54. The Labute approximate surface area is 191 Å². The van der Waals surface area contributed by atoms with Gasteiger partial charge in [-0.1, -0.05) is 74.5 Å². The van der Waals surface area contributed by atoms with Gasteiger partial charge in [0.15, 0.2) is 0 Å². The lowest BCUT2D eigenvalue weighted by atomic mass is 9.74. The molecule has 0 unspecified atom stereocenters. The molecule has 2 N–H and O–H groups in total. The van der Waals surface area contributed by atoms with E-state index in [-0.39, 0.29) is 17.9 Å². The van der Waals surface area contributed by atoms with Crippen LogP contribution in [0, 0.1) is 11.8 Å². The Morgan fingerprint density at radius 1 is 0.938 bits per heavy atom. The van der Waals surface area contributed by atoms with Crippen molar-refractivity contribution in [3.8, 4) is 0 Å². The second-order valence-corrected chi connectivity index (χ2v) is 9.76. The van der Waals surface area contributed by atoms with Crippen molar-refractivity contribution in [2.45, 2.75) is 51.0 Å². The Morgan fingerprint density at radius 2 is 1.50 bits per heavy atom. The third kappa shape index (κ3) is 4.88. The van der Waals surface area contributed by atoms with Crippen LogP contribution in [0.25, 0.3) is 0 Å². The number of amides is 3. The molecule has 2 aliphatic rings. The summed E-state index contributed by atoms with van der Waals surface area (Å²) in [4.78, 5) is 27.4. The summed E-state index contributed by atoms with van der Waals surface area (Å²) < 4.78 is 0. The molecule has 0 spiro atoms. The Balaban J connectivity index is 1.46. The Kier molecular flexibility index (Phi) is 6.95. The average Bonchev–Trinajstić information content (AvgIpc) is 3.11. The van der Waals surface area contributed by atoms with E-state index in [0.29, 0.717) is 18.3 Å². The summed E-state index contributed by atoms with van der Waals surface area (Å²) in [6.07, 6.45) is 3.48. The van der Waals surface area contributed by atoms with E-state index in [1.807, 2.05) is 0 Å². The van der Waals surface area contributed by atoms with E-state index in [9.17, 15) is 9.59 Å². The van der Waals surface area contributed by atoms with E-state index in [4.69, 9.17) is 0 Å². The summed E-state index contributed by atoms with van der Waals surface area (Å²) in [7, 11) is 0. The number of rotatable bonds is 8. The number of carbonyl (C=O) groups is 2. The van der Waals surface area contributed by atoms with E-state index in [2.05, 4.69) is 90.0 Å². The third-order valence-electron chi connectivity index (χ3n) is 7.21. The lowest BCUT2D eigenvalue weighted by Crippen LogP contribution is -2.56. The molecular weight excluding hydrogens is 398 g/mol. The van der Waals surface area contributed by atoms with E-state index < -0.39 is 5.54 Å². The van der Waals surface area contributed by atoms with Gasteiger partial charge in [0.1, 0.15) is 5.54 Å². The average molecular weight is 434 g/mol. The van der Waals surface area contributed by atoms with Crippen LogP contribution in [0.3, 0.4) is 0 Å². The van der Waals surface area contributed by atoms with Crippen LogP contribution in [-0.2, 0) is 4.79 Å². The zero-order chi connectivity index (χ0) is 22.6. The van der Waals surface area contributed by atoms with E-state index >= 15 is 0 Å². The van der Waals surface area contributed by atoms with Gasteiger partial charge in [-0.25, -0.2) is 4.79 Å². The van der Waals surface area contributed by atoms with Gasteiger partial charge in [-0.05, 0) is 61.7 Å². The molecule has 0 radical (unpaired) electrons. The second kappa shape index (κ2) is 9.86. The number of likely N-dealkylation sites (tertiary alicyclic amines) is 1. The fourth-order valence-corrected chi connectivity index (χ4v) is 5.33. The molecule has 2 saturated heterocycles. The van der Waals surface area contributed by atoms with Crippen LogP contribution in [0.5, 0.6) is 0 Å². The maximum absolute atomic E-state index is 12.8. The number of urea groups is 1. The summed E-state index contributed by atoms with van der Waals surface area (Å²) in [6, 6.07) is 21.1. The SMILES string of the molecule is CC(C)CC[C@]1(C2CCN(CC(c3ccccc3)c3ccccc3)CC2)NC(=O)NC1=O. The first-order valence-electron chi connectivity index (χ1n) is 11.9. The van der Waals surface area contributed by atoms with Crippen LogP contribution in [0.15, 0.2) is 60.7 Å². The van der Waals surface area contributed by atoms with Gasteiger partial charge in [0.25, 0.3) is 5.91 Å². The number of nitrogens with one attached hydrogen (secondary N) is 2. The predicted octanol–water partition coefficient (Wildman–Crippen LogP) is 4.54. The lowest BCUT2D eigenvalue weighted by Gasteiger charge is -2.41. The van der Waals surface area contributed by atoms with Gasteiger partial charge < -0.3 is 10.2 Å². The normalized spacial score (nSPS) is 22.4. The first-order valence-corrected chi connectivity index (χ1v) is 11.9. The van der Waals surface area contributed by atoms with Crippen molar-refractivity contribution >= 4 is 11.9 Å². The zero-order valence-corrected chi connectivity index (χ0v) is 19.2. The number of hydrogen-bond donors (Lipinski definition) is 2. The van der Waals surface area contributed by atoms with E-state index in [0.717, 1.165) is 38.9 Å². The molecule has 2 fully saturated rings. The fourth-order valence-electron chi connectivity index (χ4n) is 5.33. The highest BCUT2D eigenvalue weighted by Gasteiger charge is 2.51. The number of benzene rings is 2. The van der Waals surface area contributed by atoms with Crippen molar-refractivity contribution in [1.82, 2.24) is 15.5 Å². The largest absolute Gasteiger partial charge is 0.323 e. The first kappa shape index (κ1) is 22.5. The molecule has 2 aliphatic heterocycles. The summed E-state index contributed by atoms with van der Waals surface area (Å²) >= 11 is 0. The van der Waals surface area contributed by atoms with Gasteiger partial charge in [0.05, 0.1) is 0 Å². The van der Waals surface area contributed by atoms with Crippen LogP contribution < -0.4 is 10.6 Å². The molecule has 3 amide bonds. The van der Waals surface area contributed by atoms with Crippen molar-refractivity contribution < 1.29 is 9.59 Å². The quantitative estimate of drug-likeness (QED) is 0.601. The van der Waals surface area contributed by atoms with E-state index in [1.54, 1.807) is 0 Å². The van der Waals surface area contributed by atoms with Gasteiger partial charge in [-0.15, -0.1) is 0 Å². The molecule has 0 saturated carbocycles. The lowest BCUT2D eigenvalue weighted by molar-refractivity contribution is -0.127. The Hall–Kier alpha value is -2.66. The number of nitrogens with zero attached hydrogens (tertiary/aromatic N) is 1. The fraction of sp³-hybridized carbons (Fsp3) is 0.481. The highest BCUT2D eigenvalue weighted by atomic mass is 16.2. The van der Waals surface area contributed by atoms with Crippen LogP contribution in [-0.4, -0.2) is 42.0 Å². The van der Waals surface area contributed by atoms with Crippen LogP contribution >= 0.6 is 0 Å². The standard InChI is InChI=1S/C27H35N3O2/c1-20(2)13-16-27(25(31)28-26(32)29-27)23-14-17-30(18-15-23)19-24(21-9-5-3-6-10-21)22-11-7-4-8-12-22/h3-12,20,23-24H,13-19H2,1-2H3,(H2,28,29,31,32)/t27-/m1/s1. The van der Waals surface area contributed by atoms with Crippen molar-refractivity contribution in [1.29, 1.82) is 0 Å². The Bertz CT molecular complexity index is 868. The molecule has 0 aromatic heterocycles. The minimum atomic E-state index is -0.744. The van der Waals surface area contributed by atoms with Crippen molar-refractivity contribution in [2.24, 2.45) is 11.8 Å². The summed E-state index contributed by atoms with van der Waals surface area (Å²) in [5.74, 6) is 0.858. The molecule has 5 heteroatoms. The zero-order valence-electron chi connectivity index (χ0n) is 19.2. The maximum Gasteiger partial charge on any atom is 0.322 e. The minimum Gasteiger partial charge on any atom is -0.323 e. The maximum atomic E-state index is 12.8. The molecule has 2 heterocycles. The Morgan fingerprint density at radius 3 is 1.97 bits per heavy atom. The minimum absolute atomic E-state index is 0.131. The monoisotopic (exact) mass is 433 g/mol. The summed E-state index contributed by atoms with van der Waals surface area (Å²) in [6.45, 7) is 7.16. The molecule has 5 nitrogen and oxygen atoms in total. The highest BCUT2D eigenvalue weighted by molar-refractivity contribution is 6.07. The van der Waals surface area contributed by atoms with Gasteiger partial charge in [0, 0.05) is 12.5 Å². The molecule has 0 bridgehead atoms. The van der Waals surface area contributed by atoms with Crippen molar-refractivity contribution in [3.63, 3.8) is 0 Å². The number of piperidine rings is 1. The van der Waals surface area contributed by atoms with Crippen LogP contribution in [0.4, 0.5) is 4.79 Å². The molecule has 2 aromatic rings. The van der Waals surface area contributed by atoms with Crippen molar-refractivity contribution in [2.75, 3.05) is 19.6 Å². The van der Waals surface area contributed by atoms with Gasteiger partial charge in [0.2, 0.25) is 0 Å². The number of carbonyl (C=O) groups excluding carboxylic acids is 2. The van der Waals surface area contributed by atoms with Crippen molar-refractivity contribution in [3.05, 3.63) is 71.8 Å². The third-order valence-corrected chi connectivity index (χ3v) is 7.21. The van der Waals surface area contributed by atoms with Gasteiger partial charge in [-0.3, -0.25) is 10.1 Å². The molecule has 32 heavy (non-hydrogen) atoms. The molecule has 4 rings (SSSR count). The van der Waals surface area contributed by atoms with Crippen LogP contribution in [0.1, 0.15) is 56.6 Å². The molecule has 170 valence electrons. The number of hydrogen-bond acceptors (Lipinski definition) is 3. The molecular formula is C27H35N3O2. The first-order chi connectivity index (χ1) is 15.5. The molecule has 1 atom stereocenters. The topological polar surface area (TPSA) is 61.4 Å². The van der Waals surface area contributed by atoms with E-state index in [1.165, 1.54) is 11.1 Å². The van der Waals surface area contributed by atoms with Gasteiger partial charge in [-0.2, -0.15) is 0 Å². The summed E-state index contributed by atoms with van der Waals surface area (Å²) in [5.41, 5.74) is 1.92.